The van der Waals surface area contributed by atoms with Crippen LogP contribution in [-0.2, 0) is 4.74 Å². The number of amides is 1. The van der Waals surface area contributed by atoms with Gasteiger partial charge in [-0.15, -0.1) is 0 Å². The first-order valence-electron chi connectivity index (χ1n) is 7.80. The van der Waals surface area contributed by atoms with Crippen LogP contribution in [0.4, 0.5) is 10.6 Å². The zero-order valence-corrected chi connectivity index (χ0v) is 13.1. The zero-order chi connectivity index (χ0) is 16.1. The molecular weight excluding hydrogens is 296 g/mol. The van der Waals surface area contributed by atoms with Crippen molar-refractivity contribution >= 4 is 11.9 Å². The molecule has 0 aromatic carbocycles. The van der Waals surface area contributed by atoms with Crippen molar-refractivity contribution in [2.24, 2.45) is 0 Å². The van der Waals surface area contributed by atoms with Crippen LogP contribution in [-0.4, -0.2) is 46.7 Å². The van der Waals surface area contributed by atoms with Gasteiger partial charge in [0.2, 0.25) is 0 Å². The second kappa shape index (κ2) is 7.13. The molecule has 3 rings (SSSR count). The average molecular weight is 316 g/mol. The predicted molar refractivity (Wildman–Crippen MR) is 85.0 cm³/mol. The van der Waals surface area contributed by atoms with Gasteiger partial charge in [0, 0.05) is 25.2 Å². The number of hydrogen-bond acceptors (Lipinski definition) is 6. The lowest BCUT2D eigenvalue weighted by Gasteiger charge is -2.31. The van der Waals surface area contributed by atoms with Gasteiger partial charge in [0.05, 0.1) is 12.9 Å². The number of nitrogens with one attached hydrogen (secondary N) is 1. The van der Waals surface area contributed by atoms with Crippen molar-refractivity contribution in [1.82, 2.24) is 14.9 Å². The summed E-state index contributed by atoms with van der Waals surface area (Å²) >= 11 is 0. The van der Waals surface area contributed by atoms with E-state index in [9.17, 15) is 4.79 Å². The van der Waals surface area contributed by atoms with Crippen LogP contribution in [0.3, 0.4) is 0 Å². The Labute approximate surface area is 134 Å². The molecule has 0 radical (unpaired) electrons. The summed E-state index contributed by atoms with van der Waals surface area (Å²) in [5.74, 6) is 1.48. The quantitative estimate of drug-likeness (QED) is 0.934. The van der Waals surface area contributed by atoms with Crippen molar-refractivity contribution in [2.45, 2.75) is 25.8 Å². The minimum absolute atomic E-state index is 0.229. The molecule has 0 atom stereocenters. The molecule has 1 saturated heterocycles. The SMILES string of the molecule is CCOC(=O)N1CCC(Nc2cc(-c3ccco3)ncn2)CC1. The number of piperidine rings is 1. The summed E-state index contributed by atoms with van der Waals surface area (Å²) in [6.45, 7) is 3.60. The minimum atomic E-state index is -0.229. The summed E-state index contributed by atoms with van der Waals surface area (Å²) in [4.78, 5) is 21.9. The lowest BCUT2D eigenvalue weighted by Crippen LogP contribution is -2.42. The van der Waals surface area contributed by atoms with Gasteiger partial charge < -0.3 is 19.4 Å². The van der Waals surface area contributed by atoms with Crippen LogP contribution in [0.15, 0.2) is 35.2 Å². The van der Waals surface area contributed by atoms with Gasteiger partial charge in [-0.25, -0.2) is 14.8 Å². The van der Waals surface area contributed by atoms with E-state index in [4.69, 9.17) is 9.15 Å². The largest absolute Gasteiger partial charge is 0.463 e. The molecule has 1 amide bonds. The lowest BCUT2D eigenvalue weighted by atomic mass is 10.1. The van der Waals surface area contributed by atoms with Gasteiger partial charge in [-0.3, -0.25) is 0 Å². The van der Waals surface area contributed by atoms with Crippen LogP contribution in [0.2, 0.25) is 0 Å². The average Bonchev–Trinajstić information content (AvgIpc) is 3.11. The van der Waals surface area contributed by atoms with Crippen molar-refractivity contribution in [1.29, 1.82) is 0 Å². The third-order valence-electron chi connectivity index (χ3n) is 3.81. The number of anilines is 1. The minimum Gasteiger partial charge on any atom is -0.463 e. The van der Waals surface area contributed by atoms with Crippen LogP contribution in [0.25, 0.3) is 11.5 Å². The van der Waals surface area contributed by atoms with Crippen LogP contribution < -0.4 is 5.32 Å². The first-order chi connectivity index (χ1) is 11.3. The standard InChI is InChI=1S/C16H20N4O3/c1-2-22-16(21)20-7-5-12(6-8-20)19-15-10-13(17-11-18-15)14-4-3-9-23-14/h3-4,9-12H,2,5-8H2,1H3,(H,17,18,19). The van der Waals surface area contributed by atoms with E-state index in [1.807, 2.05) is 25.1 Å². The van der Waals surface area contributed by atoms with Crippen molar-refractivity contribution in [3.05, 3.63) is 30.8 Å². The molecule has 7 nitrogen and oxygen atoms in total. The molecule has 7 heteroatoms. The van der Waals surface area contributed by atoms with Crippen LogP contribution in [0, 0.1) is 0 Å². The maximum absolute atomic E-state index is 11.7. The highest BCUT2D eigenvalue weighted by Gasteiger charge is 2.23. The van der Waals surface area contributed by atoms with E-state index in [0.29, 0.717) is 25.5 Å². The molecule has 1 aliphatic rings. The summed E-state index contributed by atoms with van der Waals surface area (Å²) in [6, 6.07) is 5.84. The maximum Gasteiger partial charge on any atom is 0.409 e. The number of rotatable bonds is 4. The van der Waals surface area contributed by atoms with Crippen molar-refractivity contribution in [3.63, 3.8) is 0 Å². The second-order valence-electron chi connectivity index (χ2n) is 5.37. The monoisotopic (exact) mass is 316 g/mol. The van der Waals surface area contributed by atoms with E-state index >= 15 is 0 Å². The van der Waals surface area contributed by atoms with Gasteiger partial charge >= 0.3 is 6.09 Å². The van der Waals surface area contributed by atoms with E-state index < -0.39 is 0 Å². The molecule has 0 aliphatic carbocycles. The first-order valence-corrected chi connectivity index (χ1v) is 7.80. The number of nitrogens with zero attached hydrogens (tertiary/aromatic N) is 3. The fraction of sp³-hybridized carbons (Fsp3) is 0.438. The third kappa shape index (κ3) is 3.80. The number of ether oxygens (including phenoxy) is 1. The van der Waals surface area contributed by atoms with E-state index in [2.05, 4.69) is 15.3 Å². The number of hydrogen-bond donors (Lipinski definition) is 1. The van der Waals surface area contributed by atoms with Gasteiger partial charge in [-0.05, 0) is 31.9 Å². The number of aromatic nitrogens is 2. The topological polar surface area (TPSA) is 80.5 Å². The van der Waals surface area contributed by atoms with Gasteiger partial charge in [-0.2, -0.15) is 0 Å². The molecule has 2 aromatic rings. The Morgan fingerprint density at radius 3 is 2.96 bits per heavy atom. The summed E-state index contributed by atoms with van der Waals surface area (Å²) < 4.78 is 10.4. The molecule has 0 spiro atoms. The Balaban J connectivity index is 1.57. The third-order valence-corrected chi connectivity index (χ3v) is 3.81. The van der Waals surface area contributed by atoms with Gasteiger partial charge in [0.25, 0.3) is 0 Å². The Kier molecular flexibility index (Phi) is 4.75. The summed E-state index contributed by atoms with van der Waals surface area (Å²) in [7, 11) is 0. The van der Waals surface area contributed by atoms with Gasteiger partial charge in [0.1, 0.15) is 17.8 Å². The number of carbonyl (C=O) groups is 1. The lowest BCUT2D eigenvalue weighted by molar-refractivity contribution is 0.0983. The molecule has 1 fully saturated rings. The fourth-order valence-electron chi connectivity index (χ4n) is 2.63. The molecule has 1 aliphatic heterocycles. The second-order valence-corrected chi connectivity index (χ2v) is 5.37. The highest BCUT2D eigenvalue weighted by atomic mass is 16.6. The maximum atomic E-state index is 11.7. The van der Waals surface area contributed by atoms with Gasteiger partial charge in [0.15, 0.2) is 5.76 Å². The summed E-state index contributed by atoms with van der Waals surface area (Å²) in [5, 5.41) is 3.40. The van der Waals surface area contributed by atoms with Crippen molar-refractivity contribution in [3.8, 4) is 11.5 Å². The molecule has 0 bridgehead atoms. The van der Waals surface area contributed by atoms with E-state index in [1.165, 1.54) is 6.33 Å². The highest BCUT2D eigenvalue weighted by Crippen LogP contribution is 2.21. The van der Waals surface area contributed by atoms with E-state index in [0.717, 1.165) is 24.4 Å². The van der Waals surface area contributed by atoms with Crippen LogP contribution in [0.5, 0.6) is 0 Å². The zero-order valence-electron chi connectivity index (χ0n) is 13.1. The van der Waals surface area contributed by atoms with Gasteiger partial charge in [-0.1, -0.05) is 0 Å². The molecule has 122 valence electrons. The Bertz CT molecular complexity index is 637. The molecule has 23 heavy (non-hydrogen) atoms. The van der Waals surface area contributed by atoms with Crippen LogP contribution >= 0.6 is 0 Å². The normalized spacial score (nSPS) is 15.4. The summed E-state index contributed by atoms with van der Waals surface area (Å²) in [6.07, 6.45) is 4.63. The molecule has 3 heterocycles. The Morgan fingerprint density at radius 2 is 2.26 bits per heavy atom. The number of carbonyl (C=O) groups excluding carboxylic acids is 1. The predicted octanol–water partition coefficient (Wildman–Crippen LogP) is 2.77. The van der Waals surface area contributed by atoms with Crippen molar-refractivity contribution in [2.75, 3.05) is 25.0 Å². The molecule has 0 unspecified atom stereocenters. The molecule has 2 aromatic heterocycles. The Morgan fingerprint density at radius 1 is 1.43 bits per heavy atom. The molecule has 0 saturated carbocycles. The Hall–Kier alpha value is -2.57. The first kappa shape index (κ1) is 15.3. The fourth-order valence-corrected chi connectivity index (χ4v) is 2.63. The van der Waals surface area contributed by atoms with E-state index in [-0.39, 0.29) is 12.1 Å². The number of likely N-dealkylation sites (tertiary alicyclic amines) is 1. The van der Waals surface area contributed by atoms with Crippen molar-refractivity contribution < 1.29 is 13.9 Å². The van der Waals surface area contributed by atoms with E-state index in [1.54, 1.807) is 11.2 Å². The van der Waals surface area contributed by atoms with Crippen LogP contribution in [0.1, 0.15) is 19.8 Å². The number of furan rings is 1. The highest BCUT2D eigenvalue weighted by molar-refractivity contribution is 5.67. The summed E-state index contributed by atoms with van der Waals surface area (Å²) in [5.41, 5.74) is 0.747. The smallest absolute Gasteiger partial charge is 0.409 e. The molecule has 1 N–H and O–H groups in total. The molecular formula is C16H20N4O3.